The SMILES string of the molecule is CCCc1sc(C(=O)Nc2[nH]ncc2C)cc1CC. The number of aromatic amines is 1. The number of aryl methyl sites for hydroxylation is 3. The molecular weight excluding hydrogens is 258 g/mol. The monoisotopic (exact) mass is 277 g/mol. The van der Waals surface area contributed by atoms with E-state index in [9.17, 15) is 4.79 Å². The van der Waals surface area contributed by atoms with Crippen molar-refractivity contribution in [1.29, 1.82) is 0 Å². The van der Waals surface area contributed by atoms with E-state index >= 15 is 0 Å². The van der Waals surface area contributed by atoms with Crippen LogP contribution in [0.25, 0.3) is 0 Å². The van der Waals surface area contributed by atoms with Crippen LogP contribution in [0.2, 0.25) is 0 Å². The Labute approximate surface area is 117 Å². The number of nitrogens with one attached hydrogen (secondary N) is 2. The van der Waals surface area contributed by atoms with Crippen molar-refractivity contribution in [2.75, 3.05) is 5.32 Å². The number of rotatable bonds is 5. The zero-order valence-electron chi connectivity index (χ0n) is 11.5. The highest BCUT2D eigenvalue weighted by Crippen LogP contribution is 2.25. The zero-order chi connectivity index (χ0) is 13.8. The summed E-state index contributed by atoms with van der Waals surface area (Å²) in [5, 5.41) is 9.56. The van der Waals surface area contributed by atoms with Crippen LogP contribution in [0.5, 0.6) is 0 Å². The minimum absolute atomic E-state index is 0.0607. The summed E-state index contributed by atoms with van der Waals surface area (Å²) in [5.41, 5.74) is 2.23. The van der Waals surface area contributed by atoms with E-state index in [4.69, 9.17) is 0 Å². The van der Waals surface area contributed by atoms with E-state index in [0.29, 0.717) is 5.82 Å². The van der Waals surface area contributed by atoms with Crippen LogP contribution in [0, 0.1) is 6.92 Å². The standard InChI is InChI=1S/C14H19N3OS/c1-4-6-11-10(5-2)7-12(19-11)14(18)16-13-9(3)8-15-17-13/h7-8H,4-6H2,1-3H3,(H2,15,16,17,18). The third kappa shape index (κ3) is 3.04. The average molecular weight is 277 g/mol. The van der Waals surface area contributed by atoms with Gasteiger partial charge in [-0.25, -0.2) is 0 Å². The molecule has 0 saturated carbocycles. The molecule has 0 atom stereocenters. The Morgan fingerprint density at radius 2 is 2.26 bits per heavy atom. The molecule has 0 unspecified atom stereocenters. The first-order valence-corrected chi connectivity index (χ1v) is 7.40. The van der Waals surface area contributed by atoms with Gasteiger partial charge in [-0.15, -0.1) is 11.3 Å². The molecule has 2 aromatic heterocycles. The maximum absolute atomic E-state index is 12.2. The van der Waals surface area contributed by atoms with Crippen molar-refractivity contribution in [3.8, 4) is 0 Å². The normalized spacial score (nSPS) is 10.7. The van der Waals surface area contributed by atoms with Gasteiger partial charge >= 0.3 is 0 Å². The summed E-state index contributed by atoms with van der Waals surface area (Å²) in [6.45, 7) is 6.20. The van der Waals surface area contributed by atoms with Crippen molar-refractivity contribution < 1.29 is 4.79 Å². The van der Waals surface area contributed by atoms with Gasteiger partial charge < -0.3 is 5.32 Å². The van der Waals surface area contributed by atoms with Crippen LogP contribution in [0.4, 0.5) is 5.82 Å². The quantitative estimate of drug-likeness (QED) is 0.878. The molecule has 2 N–H and O–H groups in total. The number of nitrogens with zero attached hydrogens (tertiary/aromatic N) is 1. The van der Waals surface area contributed by atoms with Gasteiger partial charge in [0.2, 0.25) is 0 Å². The first-order valence-electron chi connectivity index (χ1n) is 6.58. The topological polar surface area (TPSA) is 57.8 Å². The minimum Gasteiger partial charge on any atom is -0.306 e. The third-order valence-electron chi connectivity index (χ3n) is 3.05. The van der Waals surface area contributed by atoms with Crippen LogP contribution in [0.3, 0.4) is 0 Å². The van der Waals surface area contributed by atoms with Crippen LogP contribution in [-0.2, 0) is 12.8 Å². The number of carbonyl (C=O) groups excluding carboxylic acids is 1. The van der Waals surface area contributed by atoms with Gasteiger partial charge in [0.05, 0.1) is 11.1 Å². The fourth-order valence-corrected chi connectivity index (χ4v) is 3.22. The summed E-state index contributed by atoms with van der Waals surface area (Å²) < 4.78 is 0. The molecular formula is C14H19N3OS. The van der Waals surface area contributed by atoms with E-state index in [-0.39, 0.29) is 5.91 Å². The molecule has 0 aliphatic heterocycles. The van der Waals surface area contributed by atoms with Gasteiger partial charge in [0, 0.05) is 10.4 Å². The highest BCUT2D eigenvalue weighted by Gasteiger charge is 2.14. The van der Waals surface area contributed by atoms with Gasteiger partial charge in [-0.1, -0.05) is 20.3 Å². The molecule has 2 heterocycles. The molecule has 0 spiro atoms. The number of anilines is 1. The Balaban J connectivity index is 2.17. The van der Waals surface area contributed by atoms with Crippen LogP contribution in [0.15, 0.2) is 12.3 Å². The van der Waals surface area contributed by atoms with E-state index in [1.165, 1.54) is 10.4 Å². The summed E-state index contributed by atoms with van der Waals surface area (Å²) >= 11 is 1.60. The summed E-state index contributed by atoms with van der Waals surface area (Å²) in [7, 11) is 0. The van der Waals surface area contributed by atoms with E-state index in [1.54, 1.807) is 17.5 Å². The molecule has 19 heavy (non-hydrogen) atoms. The molecule has 2 rings (SSSR count). The predicted octanol–water partition coefficient (Wildman–Crippen LogP) is 3.55. The van der Waals surface area contributed by atoms with E-state index in [1.807, 2.05) is 13.0 Å². The summed E-state index contributed by atoms with van der Waals surface area (Å²) in [6.07, 6.45) is 4.82. The average Bonchev–Trinajstić information content (AvgIpc) is 2.97. The van der Waals surface area contributed by atoms with Crippen LogP contribution in [0.1, 0.15) is 45.9 Å². The lowest BCUT2D eigenvalue weighted by Gasteiger charge is -2.00. The maximum Gasteiger partial charge on any atom is 0.266 e. The Morgan fingerprint density at radius 1 is 1.47 bits per heavy atom. The molecule has 0 bridgehead atoms. The molecule has 1 amide bonds. The van der Waals surface area contributed by atoms with Crippen molar-refractivity contribution in [1.82, 2.24) is 10.2 Å². The zero-order valence-corrected chi connectivity index (χ0v) is 12.4. The van der Waals surface area contributed by atoms with E-state index in [0.717, 1.165) is 29.7 Å². The second-order valence-corrected chi connectivity index (χ2v) is 5.68. The van der Waals surface area contributed by atoms with Crippen LogP contribution >= 0.6 is 11.3 Å². The largest absolute Gasteiger partial charge is 0.306 e. The van der Waals surface area contributed by atoms with Gasteiger partial charge in [-0.05, 0) is 31.4 Å². The Morgan fingerprint density at radius 3 is 2.84 bits per heavy atom. The van der Waals surface area contributed by atoms with Crippen LogP contribution < -0.4 is 5.32 Å². The lowest BCUT2D eigenvalue weighted by atomic mass is 10.1. The molecule has 2 aromatic rings. The summed E-state index contributed by atoms with van der Waals surface area (Å²) in [4.78, 5) is 14.3. The lowest BCUT2D eigenvalue weighted by Crippen LogP contribution is -2.11. The van der Waals surface area contributed by atoms with E-state index < -0.39 is 0 Å². The second kappa shape index (κ2) is 6.02. The molecule has 0 aromatic carbocycles. The van der Waals surface area contributed by atoms with Gasteiger partial charge in [0.25, 0.3) is 5.91 Å². The van der Waals surface area contributed by atoms with Gasteiger partial charge in [-0.2, -0.15) is 5.10 Å². The van der Waals surface area contributed by atoms with Crippen molar-refractivity contribution in [2.24, 2.45) is 0 Å². The lowest BCUT2D eigenvalue weighted by molar-refractivity contribution is 0.103. The molecule has 5 heteroatoms. The maximum atomic E-state index is 12.2. The van der Waals surface area contributed by atoms with Gasteiger partial charge in [0.15, 0.2) is 0 Å². The van der Waals surface area contributed by atoms with Gasteiger partial charge in [0.1, 0.15) is 5.82 Å². The second-order valence-electron chi connectivity index (χ2n) is 4.54. The fourth-order valence-electron chi connectivity index (χ4n) is 1.96. The molecule has 0 aliphatic rings. The first kappa shape index (κ1) is 13.8. The number of carbonyl (C=O) groups is 1. The Hall–Kier alpha value is -1.62. The van der Waals surface area contributed by atoms with Crippen molar-refractivity contribution in [3.05, 3.63) is 33.1 Å². The summed E-state index contributed by atoms with van der Waals surface area (Å²) in [6, 6.07) is 2.01. The minimum atomic E-state index is -0.0607. The van der Waals surface area contributed by atoms with E-state index in [2.05, 4.69) is 29.4 Å². The Kier molecular flexibility index (Phi) is 4.37. The molecule has 0 aliphatic carbocycles. The number of thiophene rings is 1. The molecule has 102 valence electrons. The highest BCUT2D eigenvalue weighted by atomic mass is 32.1. The van der Waals surface area contributed by atoms with Crippen molar-refractivity contribution in [3.63, 3.8) is 0 Å². The Bertz CT molecular complexity index is 571. The van der Waals surface area contributed by atoms with Crippen molar-refractivity contribution in [2.45, 2.75) is 40.0 Å². The molecule has 0 saturated heterocycles. The number of amides is 1. The number of H-pyrrole nitrogens is 1. The smallest absolute Gasteiger partial charge is 0.266 e. The number of hydrogen-bond donors (Lipinski definition) is 2. The number of aromatic nitrogens is 2. The molecule has 0 radical (unpaired) electrons. The first-order chi connectivity index (χ1) is 9.15. The van der Waals surface area contributed by atoms with Gasteiger partial charge in [-0.3, -0.25) is 9.89 Å². The van der Waals surface area contributed by atoms with Crippen molar-refractivity contribution >= 4 is 23.1 Å². The fraction of sp³-hybridized carbons (Fsp3) is 0.429. The summed E-state index contributed by atoms with van der Waals surface area (Å²) in [5.74, 6) is 0.614. The van der Waals surface area contributed by atoms with Crippen LogP contribution in [-0.4, -0.2) is 16.1 Å². The third-order valence-corrected chi connectivity index (χ3v) is 4.28. The predicted molar refractivity (Wildman–Crippen MR) is 79.0 cm³/mol. The highest BCUT2D eigenvalue weighted by molar-refractivity contribution is 7.14. The molecule has 0 fully saturated rings. The molecule has 4 nitrogen and oxygen atoms in total. The number of hydrogen-bond acceptors (Lipinski definition) is 3.